The number of aromatic carboxylic acids is 1. The SMILES string of the molecule is COC(C)c1c(C(=O)O)nnn1CCN(C)C. The molecule has 1 heterocycles. The fraction of sp³-hybridized carbons (Fsp3) is 0.700. The zero-order valence-corrected chi connectivity index (χ0v) is 10.5. The van der Waals surface area contributed by atoms with Crippen LogP contribution in [0.1, 0.15) is 29.2 Å². The molecule has 1 unspecified atom stereocenters. The number of likely N-dealkylation sites (N-methyl/N-ethyl adjacent to an activating group) is 1. The standard InChI is InChI=1S/C10H18N4O3/c1-7(17-4)9-8(10(15)16)11-12-14(9)6-5-13(2)3/h7H,5-6H2,1-4H3,(H,15,16). The van der Waals surface area contributed by atoms with E-state index < -0.39 is 5.97 Å². The van der Waals surface area contributed by atoms with E-state index in [0.29, 0.717) is 12.2 Å². The molecule has 0 bridgehead atoms. The van der Waals surface area contributed by atoms with Gasteiger partial charge in [-0.3, -0.25) is 0 Å². The quantitative estimate of drug-likeness (QED) is 0.770. The molecule has 0 spiro atoms. The third kappa shape index (κ3) is 3.24. The van der Waals surface area contributed by atoms with Crippen LogP contribution in [0.3, 0.4) is 0 Å². The first-order valence-corrected chi connectivity index (χ1v) is 5.31. The van der Waals surface area contributed by atoms with Crippen molar-refractivity contribution in [3.8, 4) is 0 Å². The van der Waals surface area contributed by atoms with Crippen LogP contribution < -0.4 is 0 Å². The molecule has 96 valence electrons. The molecule has 7 nitrogen and oxygen atoms in total. The Kier molecular flexibility index (Phi) is 4.59. The van der Waals surface area contributed by atoms with Crippen LogP contribution in [0.25, 0.3) is 0 Å². The van der Waals surface area contributed by atoms with E-state index in [1.807, 2.05) is 19.0 Å². The van der Waals surface area contributed by atoms with E-state index in [9.17, 15) is 4.79 Å². The molecule has 0 aliphatic carbocycles. The van der Waals surface area contributed by atoms with Gasteiger partial charge in [0.25, 0.3) is 0 Å². The molecule has 0 amide bonds. The molecule has 1 aromatic heterocycles. The first-order chi connectivity index (χ1) is 7.97. The summed E-state index contributed by atoms with van der Waals surface area (Å²) in [5, 5.41) is 16.6. The Morgan fingerprint density at radius 1 is 1.59 bits per heavy atom. The largest absolute Gasteiger partial charge is 0.476 e. The number of hydrogen-bond acceptors (Lipinski definition) is 5. The van der Waals surface area contributed by atoms with E-state index in [-0.39, 0.29) is 11.8 Å². The van der Waals surface area contributed by atoms with Gasteiger partial charge in [0.1, 0.15) is 5.69 Å². The van der Waals surface area contributed by atoms with E-state index in [2.05, 4.69) is 10.3 Å². The number of methoxy groups -OCH3 is 1. The van der Waals surface area contributed by atoms with Crippen molar-refractivity contribution in [2.75, 3.05) is 27.7 Å². The lowest BCUT2D eigenvalue weighted by molar-refractivity contribution is 0.0673. The summed E-state index contributed by atoms with van der Waals surface area (Å²) in [4.78, 5) is 13.0. The summed E-state index contributed by atoms with van der Waals surface area (Å²) >= 11 is 0. The van der Waals surface area contributed by atoms with Crippen LogP contribution in [0.15, 0.2) is 0 Å². The molecular weight excluding hydrogens is 224 g/mol. The van der Waals surface area contributed by atoms with Crippen molar-refractivity contribution in [1.29, 1.82) is 0 Å². The topological polar surface area (TPSA) is 80.5 Å². The Morgan fingerprint density at radius 2 is 2.24 bits per heavy atom. The smallest absolute Gasteiger partial charge is 0.358 e. The number of hydrogen-bond donors (Lipinski definition) is 1. The van der Waals surface area contributed by atoms with Gasteiger partial charge in [-0.2, -0.15) is 0 Å². The summed E-state index contributed by atoms with van der Waals surface area (Å²) in [5.74, 6) is -1.08. The number of carbonyl (C=O) groups is 1. The number of carboxylic acids is 1. The molecule has 0 saturated carbocycles. The van der Waals surface area contributed by atoms with Crippen molar-refractivity contribution >= 4 is 5.97 Å². The average molecular weight is 242 g/mol. The van der Waals surface area contributed by atoms with Crippen molar-refractivity contribution in [1.82, 2.24) is 19.9 Å². The molecule has 0 radical (unpaired) electrons. The van der Waals surface area contributed by atoms with Gasteiger partial charge in [-0.05, 0) is 21.0 Å². The van der Waals surface area contributed by atoms with Crippen LogP contribution in [-0.4, -0.2) is 58.7 Å². The molecule has 7 heteroatoms. The molecule has 1 atom stereocenters. The maximum absolute atomic E-state index is 11.0. The molecule has 1 rings (SSSR count). The van der Waals surface area contributed by atoms with Crippen molar-refractivity contribution < 1.29 is 14.6 Å². The summed E-state index contributed by atoms with van der Waals surface area (Å²) in [5.41, 5.74) is 0.458. The Balaban J connectivity index is 3.00. The highest BCUT2D eigenvalue weighted by Gasteiger charge is 2.23. The normalized spacial score (nSPS) is 13.0. The van der Waals surface area contributed by atoms with Gasteiger partial charge in [0.05, 0.1) is 12.6 Å². The van der Waals surface area contributed by atoms with E-state index >= 15 is 0 Å². The highest BCUT2D eigenvalue weighted by molar-refractivity contribution is 5.86. The maximum Gasteiger partial charge on any atom is 0.358 e. The lowest BCUT2D eigenvalue weighted by atomic mass is 10.2. The minimum Gasteiger partial charge on any atom is -0.476 e. The maximum atomic E-state index is 11.0. The molecule has 0 saturated heterocycles. The van der Waals surface area contributed by atoms with Gasteiger partial charge >= 0.3 is 5.97 Å². The predicted octanol–water partition coefficient (Wildman–Crippen LogP) is 0.245. The fourth-order valence-corrected chi connectivity index (χ4v) is 1.45. The molecule has 17 heavy (non-hydrogen) atoms. The third-order valence-corrected chi connectivity index (χ3v) is 2.47. The lowest BCUT2D eigenvalue weighted by Crippen LogP contribution is -2.21. The number of aromatic nitrogens is 3. The molecule has 1 aromatic rings. The predicted molar refractivity (Wildman–Crippen MR) is 61.0 cm³/mol. The Labute approximate surface area is 100.0 Å². The van der Waals surface area contributed by atoms with Gasteiger partial charge < -0.3 is 14.7 Å². The summed E-state index contributed by atoms with van der Waals surface area (Å²) in [7, 11) is 5.41. The second kappa shape index (κ2) is 5.74. The first-order valence-electron chi connectivity index (χ1n) is 5.31. The van der Waals surface area contributed by atoms with Crippen LogP contribution in [0.5, 0.6) is 0 Å². The van der Waals surface area contributed by atoms with Gasteiger partial charge in [0, 0.05) is 13.7 Å². The fourth-order valence-electron chi connectivity index (χ4n) is 1.45. The second-order valence-electron chi connectivity index (χ2n) is 4.03. The van der Waals surface area contributed by atoms with Crippen LogP contribution in [0, 0.1) is 0 Å². The van der Waals surface area contributed by atoms with E-state index in [4.69, 9.17) is 9.84 Å². The van der Waals surface area contributed by atoms with E-state index in [1.165, 1.54) is 7.11 Å². The monoisotopic (exact) mass is 242 g/mol. The van der Waals surface area contributed by atoms with Gasteiger partial charge in [-0.1, -0.05) is 5.21 Å². The highest BCUT2D eigenvalue weighted by Crippen LogP contribution is 2.18. The zero-order chi connectivity index (χ0) is 13.0. The van der Waals surface area contributed by atoms with Crippen LogP contribution in [-0.2, 0) is 11.3 Å². The van der Waals surface area contributed by atoms with Gasteiger partial charge in [0.15, 0.2) is 5.69 Å². The summed E-state index contributed by atoms with van der Waals surface area (Å²) in [6.07, 6.45) is -0.349. The Hall–Kier alpha value is -1.47. The zero-order valence-electron chi connectivity index (χ0n) is 10.5. The van der Waals surface area contributed by atoms with Gasteiger partial charge in [-0.25, -0.2) is 9.48 Å². The van der Waals surface area contributed by atoms with Crippen LogP contribution in [0.2, 0.25) is 0 Å². The number of carboxylic acid groups (broad SMARTS) is 1. The van der Waals surface area contributed by atoms with Crippen LogP contribution >= 0.6 is 0 Å². The summed E-state index contributed by atoms with van der Waals surface area (Å²) in [6.45, 7) is 3.11. The van der Waals surface area contributed by atoms with Crippen molar-refractivity contribution in [3.63, 3.8) is 0 Å². The molecule has 0 aromatic carbocycles. The summed E-state index contributed by atoms with van der Waals surface area (Å²) < 4.78 is 6.74. The Bertz CT molecular complexity index is 389. The number of rotatable bonds is 6. The van der Waals surface area contributed by atoms with Crippen molar-refractivity contribution in [2.45, 2.75) is 19.6 Å². The third-order valence-electron chi connectivity index (χ3n) is 2.47. The van der Waals surface area contributed by atoms with E-state index in [0.717, 1.165) is 6.54 Å². The summed E-state index contributed by atoms with van der Waals surface area (Å²) in [6, 6.07) is 0. The highest BCUT2D eigenvalue weighted by atomic mass is 16.5. The second-order valence-corrected chi connectivity index (χ2v) is 4.03. The molecule has 0 aliphatic heterocycles. The van der Waals surface area contributed by atoms with Gasteiger partial charge in [0.2, 0.25) is 0 Å². The lowest BCUT2D eigenvalue weighted by Gasteiger charge is -2.14. The van der Waals surface area contributed by atoms with E-state index in [1.54, 1.807) is 11.6 Å². The van der Waals surface area contributed by atoms with Crippen LogP contribution in [0.4, 0.5) is 0 Å². The number of nitrogens with zero attached hydrogens (tertiary/aromatic N) is 4. The van der Waals surface area contributed by atoms with Crippen molar-refractivity contribution in [3.05, 3.63) is 11.4 Å². The Morgan fingerprint density at radius 3 is 2.71 bits per heavy atom. The minimum atomic E-state index is -1.08. The average Bonchev–Trinajstić information content (AvgIpc) is 2.68. The molecule has 0 fully saturated rings. The van der Waals surface area contributed by atoms with Crippen molar-refractivity contribution in [2.24, 2.45) is 0 Å². The number of ether oxygens (including phenoxy) is 1. The molecule has 1 N–H and O–H groups in total. The minimum absolute atomic E-state index is 0.0434. The molecular formula is C10H18N4O3. The van der Waals surface area contributed by atoms with Gasteiger partial charge in [-0.15, -0.1) is 5.10 Å². The molecule has 0 aliphatic rings. The first kappa shape index (κ1) is 13.6.